The number of rotatable bonds is 8. The van der Waals surface area contributed by atoms with Gasteiger partial charge in [0.25, 0.3) is 0 Å². The van der Waals surface area contributed by atoms with E-state index in [1.54, 1.807) is 0 Å². The molecule has 11 heteroatoms. The highest BCUT2D eigenvalue weighted by atomic mass is 16.4. The maximum absolute atomic E-state index is 12.5. The van der Waals surface area contributed by atoms with E-state index >= 15 is 0 Å². The Bertz CT molecular complexity index is 554. The molecule has 1 saturated heterocycles. The van der Waals surface area contributed by atoms with Gasteiger partial charge >= 0.3 is 5.97 Å². The number of hydrogen-bond acceptors (Lipinski definition) is 7. The average molecular weight is 374 g/mol. The van der Waals surface area contributed by atoms with E-state index in [2.05, 4.69) is 10.6 Å². The standard InChI is InChI=1S/C15H26N4O7/c1-7(15(25)26)17-13(23)11(8(2)21)18-12(22)10-4-3-5-19(10)14(24)9(16)6-20/h7-11,20-21H,3-6,16H2,1-2H3,(H,17,23)(H,18,22)(H,25,26). The first-order valence-corrected chi connectivity index (χ1v) is 8.28. The Balaban J connectivity index is 2.82. The molecule has 0 saturated carbocycles. The van der Waals surface area contributed by atoms with Crippen LogP contribution in [0, 0.1) is 0 Å². The molecule has 0 bridgehead atoms. The van der Waals surface area contributed by atoms with E-state index < -0.39 is 60.6 Å². The number of aliphatic hydroxyl groups excluding tert-OH is 2. The van der Waals surface area contributed by atoms with Crippen LogP contribution < -0.4 is 16.4 Å². The van der Waals surface area contributed by atoms with Crippen LogP contribution in [0.1, 0.15) is 26.7 Å². The number of carboxylic acids is 1. The Hall–Kier alpha value is -2.24. The van der Waals surface area contributed by atoms with Crippen molar-refractivity contribution in [1.29, 1.82) is 0 Å². The van der Waals surface area contributed by atoms with E-state index in [9.17, 15) is 24.3 Å². The Labute approximate surface area is 150 Å². The number of carbonyl (C=O) groups excluding carboxylic acids is 3. The second kappa shape index (κ2) is 9.46. The Kier molecular flexibility index (Phi) is 7.93. The van der Waals surface area contributed by atoms with Crippen molar-refractivity contribution in [3.63, 3.8) is 0 Å². The van der Waals surface area contributed by atoms with Crippen molar-refractivity contribution < 1.29 is 34.5 Å². The average Bonchev–Trinajstić information content (AvgIpc) is 3.06. The summed E-state index contributed by atoms with van der Waals surface area (Å²) >= 11 is 0. The van der Waals surface area contributed by atoms with Gasteiger partial charge in [-0.1, -0.05) is 0 Å². The Morgan fingerprint density at radius 1 is 1.23 bits per heavy atom. The van der Waals surface area contributed by atoms with Crippen molar-refractivity contribution in [2.24, 2.45) is 5.73 Å². The van der Waals surface area contributed by atoms with E-state index in [4.69, 9.17) is 15.9 Å². The number of amides is 3. The maximum Gasteiger partial charge on any atom is 0.325 e. The third-order valence-corrected chi connectivity index (χ3v) is 4.14. The summed E-state index contributed by atoms with van der Waals surface area (Å²) in [5, 5.41) is 32.1. The van der Waals surface area contributed by atoms with Crippen LogP contribution in [0.2, 0.25) is 0 Å². The first-order valence-electron chi connectivity index (χ1n) is 8.28. The smallest absolute Gasteiger partial charge is 0.325 e. The number of aliphatic carboxylic acids is 1. The van der Waals surface area contributed by atoms with Gasteiger partial charge in [0.2, 0.25) is 17.7 Å². The second-order valence-electron chi connectivity index (χ2n) is 6.27. The molecule has 0 spiro atoms. The molecule has 0 aliphatic carbocycles. The summed E-state index contributed by atoms with van der Waals surface area (Å²) in [4.78, 5) is 48.8. The molecule has 11 nitrogen and oxygen atoms in total. The third kappa shape index (κ3) is 5.38. The van der Waals surface area contributed by atoms with Crippen LogP contribution in [-0.4, -0.2) is 87.3 Å². The van der Waals surface area contributed by atoms with Gasteiger partial charge in [0, 0.05) is 6.54 Å². The predicted octanol–water partition coefficient (Wildman–Crippen LogP) is -3.25. The Morgan fingerprint density at radius 2 is 1.85 bits per heavy atom. The maximum atomic E-state index is 12.5. The summed E-state index contributed by atoms with van der Waals surface area (Å²) in [6.07, 6.45) is -0.399. The molecule has 26 heavy (non-hydrogen) atoms. The third-order valence-electron chi connectivity index (χ3n) is 4.14. The van der Waals surface area contributed by atoms with Crippen molar-refractivity contribution >= 4 is 23.7 Å². The zero-order chi connectivity index (χ0) is 20.0. The minimum atomic E-state index is -1.38. The van der Waals surface area contributed by atoms with Crippen molar-refractivity contribution in [3.05, 3.63) is 0 Å². The molecule has 1 fully saturated rings. The molecule has 5 unspecified atom stereocenters. The number of carboxylic acid groups (broad SMARTS) is 1. The van der Waals surface area contributed by atoms with E-state index in [0.717, 1.165) is 0 Å². The van der Waals surface area contributed by atoms with Crippen LogP contribution in [0.25, 0.3) is 0 Å². The van der Waals surface area contributed by atoms with Gasteiger partial charge in [0.05, 0.1) is 12.7 Å². The van der Waals surface area contributed by atoms with Gasteiger partial charge in [-0.05, 0) is 26.7 Å². The number of likely N-dealkylation sites (tertiary alicyclic amines) is 1. The fourth-order valence-corrected chi connectivity index (χ4v) is 2.61. The van der Waals surface area contributed by atoms with Crippen LogP contribution in [0.15, 0.2) is 0 Å². The molecule has 1 rings (SSSR count). The lowest BCUT2D eigenvalue weighted by molar-refractivity contribution is -0.143. The largest absolute Gasteiger partial charge is 0.480 e. The first-order chi connectivity index (χ1) is 12.1. The summed E-state index contributed by atoms with van der Waals surface area (Å²) in [6, 6.07) is -4.61. The summed E-state index contributed by atoms with van der Waals surface area (Å²) < 4.78 is 0. The molecule has 1 aliphatic heterocycles. The van der Waals surface area contributed by atoms with E-state index in [0.29, 0.717) is 12.8 Å². The molecule has 5 atom stereocenters. The molecular formula is C15H26N4O7. The molecule has 7 N–H and O–H groups in total. The monoisotopic (exact) mass is 374 g/mol. The fourth-order valence-electron chi connectivity index (χ4n) is 2.61. The number of nitrogens with one attached hydrogen (secondary N) is 2. The lowest BCUT2D eigenvalue weighted by atomic mass is 10.1. The molecule has 0 aromatic heterocycles. The van der Waals surface area contributed by atoms with E-state index in [1.165, 1.54) is 18.7 Å². The van der Waals surface area contributed by atoms with Crippen molar-refractivity contribution in [1.82, 2.24) is 15.5 Å². The molecule has 0 radical (unpaired) electrons. The molecule has 1 heterocycles. The highest BCUT2D eigenvalue weighted by molar-refractivity contribution is 5.94. The first kappa shape index (κ1) is 21.8. The van der Waals surface area contributed by atoms with Gasteiger partial charge in [-0.25, -0.2) is 0 Å². The summed E-state index contributed by atoms with van der Waals surface area (Å²) in [5.41, 5.74) is 5.51. The van der Waals surface area contributed by atoms with Gasteiger partial charge in [-0.15, -0.1) is 0 Å². The van der Waals surface area contributed by atoms with Crippen LogP contribution in [-0.2, 0) is 19.2 Å². The van der Waals surface area contributed by atoms with Crippen LogP contribution in [0.4, 0.5) is 0 Å². The molecule has 0 aromatic rings. The van der Waals surface area contributed by atoms with Crippen molar-refractivity contribution in [2.45, 2.75) is 57.0 Å². The number of carbonyl (C=O) groups is 4. The van der Waals surface area contributed by atoms with Gasteiger partial charge in [0.1, 0.15) is 24.2 Å². The lowest BCUT2D eigenvalue weighted by Gasteiger charge is -2.28. The predicted molar refractivity (Wildman–Crippen MR) is 88.6 cm³/mol. The number of nitrogens with two attached hydrogens (primary N) is 1. The lowest BCUT2D eigenvalue weighted by Crippen LogP contribution is -2.59. The zero-order valence-corrected chi connectivity index (χ0v) is 14.7. The molecule has 3 amide bonds. The molecular weight excluding hydrogens is 348 g/mol. The van der Waals surface area contributed by atoms with Gasteiger partial charge in [0.15, 0.2) is 0 Å². The SMILES string of the molecule is CC(NC(=O)C(NC(=O)C1CCCN1C(=O)C(N)CO)C(C)O)C(=O)O. The minimum absolute atomic E-state index is 0.284. The second-order valence-corrected chi connectivity index (χ2v) is 6.27. The van der Waals surface area contributed by atoms with E-state index in [1.807, 2.05) is 0 Å². The van der Waals surface area contributed by atoms with Gasteiger partial charge in [-0.2, -0.15) is 0 Å². The van der Waals surface area contributed by atoms with Gasteiger partial charge in [-0.3, -0.25) is 19.2 Å². The van der Waals surface area contributed by atoms with Gasteiger partial charge < -0.3 is 36.6 Å². The molecule has 0 aromatic carbocycles. The van der Waals surface area contributed by atoms with Crippen LogP contribution in [0.5, 0.6) is 0 Å². The molecule has 148 valence electrons. The van der Waals surface area contributed by atoms with Crippen LogP contribution >= 0.6 is 0 Å². The van der Waals surface area contributed by atoms with E-state index in [-0.39, 0.29) is 6.54 Å². The topological polar surface area (TPSA) is 182 Å². The number of aliphatic hydroxyl groups is 2. The Morgan fingerprint density at radius 3 is 2.35 bits per heavy atom. The fraction of sp³-hybridized carbons (Fsp3) is 0.733. The zero-order valence-electron chi connectivity index (χ0n) is 14.7. The van der Waals surface area contributed by atoms with Crippen molar-refractivity contribution in [2.75, 3.05) is 13.2 Å². The summed E-state index contributed by atoms with van der Waals surface area (Å²) in [5.74, 6) is -3.36. The molecule has 1 aliphatic rings. The van der Waals surface area contributed by atoms with Crippen molar-refractivity contribution in [3.8, 4) is 0 Å². The normalized spacial score (nSPS) is 21.4. The highest BCUT2D eigenvalue weighted by Crippen LogP contribution is 2.18. The number of nitrogens with zero attached hydrogens (tertiary/aromatic N) is 1. The summed E-state index contributed by atoms with van der Waals surface area (Å²) in [7, 11) is 0. The highest BCUT2D eigenvalue weighted by Gasteiger charge is 2.38. The minimum Gasteiger partial charge on any atom is -0.480 e. The van der Waals surface area contributed by atoms with Crippen LogP contribution in [0.3, 0.4) is 0 Å². The quantitative estimate of drug-likeness (QED) is 0.256. The summed E-state index contributed by atoms with van der Waals surface area (Å²) in [6.45, 7) is 2.24. The number of hydrogen-bond donors (Lipinski definition) is 6.